The van der Waals surface area contributed by atoms with Crippen molar-refractivity contribution < 1.29 is 14.6 Å². The van der Waals surface area contributed by atoms with Gasteiger partial charge >= 0.3 is 0 Å². The zero-order valence-electron chi connectivity index (χ0n) is 22.3. The fraction of sp³-hybridized carbons (Fsp3) is 0.586. The van der Waals surface area contributed by atoms with Gasteiger partial charge in [-0.2, -0.15) is 0 Å². The normalized spacial score (nSPS) is 17.4. The van der Waals surface area contributed by atoms with Gasteiger partial charge in [-0.05, 0) is 41.3 Å². The molecule has 2 aliphatic rings. The quantitative estimate of drug-likeness (QED) is 0.368. The van der Waals surface area contributed by atoms with Gasteiger partial charge in [0.15, 0.2) is 0 Å². The molecule has 2 aromatic rings. The summed E-state index contributed by atoms with van der Waals surface area (Å²) in [7, 11) is 0. The van der Waals surface area contributed by atoms with Crippen molar-refractivity contribution in [3.8, 4) is 0 Å². The second-order valence-corrected chi connectivity index (χ2v) is 10.4. The fourth-order valence-corrected chi connectivity index (χ4v) is 5.23. The number of ether oxygens (including phenoxy) is 2. The Morgan fingerprint density at radius 3 is 2.44 bits per heavy atom. The van der Waals surface area contributed by atoms with Crippen LogP contribution >= 0.6 is 0 Å². The second kappa shape index (κ2) is 13.0. The smallest absolute Gasteiger partial charge is 0.0717 e. The van der Waals surface area contributed by atoms with Crippen molar-refractivity contribution in [2.24, 2.45) is 0 Å². The van der Waals surface area contributed by atoms with E-state index < -0.39 is 0 Å². The Balaban J connectivity index is 1.28. The van der Waals surface area contributed by atoms with E-state index in [4.69, 9.17) is 14.6 Å². The summed E-state index contributed by atoms with van der Waals surface area (Å²) in [4.78, 5) is 5.06. The number of anilines is 2. The van der Waals surface area contributed by atoms with E-state index in [2.05, 4.69) is 70.7 Å². The van der Waals surface area contributed by atoms with Gasteiger partial charge < -0.3 is 25.2 Å². The molecule has 0 atom stereocenters. The van der Waals surface area contributed by atoms with E-state index in [1.807, 2.05) is 6.92 Å². The maximum absolute atomic E-state index is 8.77. The fourth-order valence-electron chi connectivity index (χ4n) is 5.23. The molecule has 198 valence electrons. The molecule has 0 saturated carbocycles. The zero-order chi connectivity index (χ0) is 25.4. The van der Waals surface area contributed by atoms with Crippen LogP contribution in [0, 0.1) is 0 Å². The molecule has 0 spiro atoms. The molecule has 3 N–H and O–H groups in total. The van der Waals surface area contributed by atoms with Crippen LogP contribution < -0.4 is 10.6 Å². The van der Waals surface area contributed by atoms with Gasteiger partial charge in [0.25, 0.3) is 0 Å². The largest absolute Gasteiger partial charge is 0.395 e. The molecule has 4 rings (SSSR count). The molecular weight excluding hydrogens is 452 g/mol. The first-order valence-electron chi connectivity index (χ1n) is 13.5. The molecule has 0 unspecified atom stereocenters. The highest BCUT2D eigenvalue weighted by Crippen LogP contribution is 2.45. The topological polar surface area (TPSA) is 69.2 Å². The van der Waals surface area contributed by atoms with Crippen molar-refractivity contribution >= 4 is 11.4 Å². The monoisotopic (exact) mass is 496 g/mol. The summed E-state index contributed by atoms with van der Waals surface area (Å²) in [5.41, 5.74) is 7.65. The van der Waals surface area contributed by atoms with E-state index in [-0.39, 0.29) is 12.0 Å². The molecule has 0 bridgehead atoms. The Morgan fingerprint density at radius 2 is 1.67 bits per heavy atom. The molecular formula is C29H44N4O3. The van der Waals surface area contributed by atoms with Crippen molar-refractivity contribution in [3.05, 3.63) is 58.7 Å². The summed E-state index contributed by atoms with van der Waals surface area (Å²) in [5.74, 6) is 0. The number of rotatable bonds is 13. The molecule has 1 saturated heterocycles. The van der Waals surface area contributed by atoms with E-state index in [0.29, 0.717) is 19.8 Å². The predicted molar refractivity (Wildman–Crippen MR) is 146 cm³/mol. The van der Waals surface area contributed by atoms with Gasteiger partial charge in [0.1, 0.15) is 0 Å². The number of piperazine rings is 1. The molecule has 2 aromatic carbocycles. The molecule has 7 heteroatoms. The summed E-state index contributed by atoms with van der Waals surface area (Å²) in [6.07, 6.45) is 0. The Bertz CT molecular complexity index is 973. The van der Waals surface area contributed by atoms with Crippen LogP contribution in [0.5, 0.6) is 0 Å². The molecule has 7 nitrogen and oxygen atoms in total. The van der Waals surface area contributed by atoms with Crippen LogP contribution in [0.4, 0.5) is 11.4 Å². The van der Waals surface area contributed by atoms with Crippen LogP contribution in [-0.2, 0) is 28.0 Å². The predicted octanol–water partition coefficient (Wildman–Crippen LogP) is 3.32. The first-order valence-corrected chi connectivity index (χ1v) is 13.5. The van der Waals surface area contributed by atoms with Crippen molar-refractivity contribution in [3.63, 3.8) is 0 Å². The molecule has 2 aliphatic heterocycles. The zero-order valence-corrected chi connectivity index (χ0v) is 22.3. The van der Waals surface area contributed by atoms with Gasteiger partial charge in [0.2, 0.25) is 0 Å². The van der Waals surface area contributed by atoms with E-state index in [1.165, 1.54) is 33.6 Å². The van der Waals surface area contributed by atoms with Crippen LogP contribution in [0.2, 0.25) is 0 Å². The van der Waals surface area contributed by atoms with Crippen LogP contribution in [-0.4, -0.2) is 87.1 Å². The van der Waals surface area contributed by atoms with Crippen LogP contribution in [0.1, 0.15) is 43.0 Å². The maximum atomic E-state index is 8.77. The number of aliphatic hydroxyl groups excluding tert-OH is 1. The average Bonchev–Trinajstić information content (AvgIpc) is 2.88. The minimum absolute atomic E-state index is 0.0532. The number of hydrogen-bond acceptors (Lipinski definition) is 7. The van der Waals surface area contributed by atoms with Crippen LogP contribution in [0.15, 0.2) is 36.4 Å². The minimum atomic E-state index is -0.0532. The van der Waals surface area contributed by atoms with E-state index in [0.717, 1.165) is 59.0 Å². The number of fused-ring (bicyclic) bond motifs is 2. The highest BCUT2D eigenvalue weighted by molar-refractivity contribution is 5.76. The van der Waals surface area contributed by atoms with E-state index in [9.17, 15) is 0 Å². The lowest BCUT2D eigenvalue weighted by atomic mass is 9.73. The Labute approximate surface area is 216 Å². The third-order valence-corrected chi connectivity index (χ3v) is 7.39. The van der Waals surface area contributed by atoms with Crippen molar-refractivity contribution in [2.75, 3.05) is 77.6 Å². The summed E-state index contributed by atoms with van der Waals surface area (Å²) in [6.45, 7) is 17.5. The van der Waals surface area contributed by atoms with Crippen LogP contribution in [0.3, 0.4) is 0 Å². The van der Waals surface area contributed by atoms with Crippen molar-refractivity contribution in [1.82, 2.24) is 15.1 Å². The average molecular weight is 497 g/mol. The summed E-state index contributed by atoms with van der Waals surface area (Å²) >= 11 is 0. The number of benzene rings is 2. The Morgan fingerprint density at radius 1 is 0.889 bits per heavy atom. The summed E-state index contributed by atoms with van der Waals surface area (Å²) in [6, 6.07) is 13.6. The lowest BCUT2D eigenvalue weighted by Gasteiger charge is -2.37. The molecule has 0 radical (unpaired) electrons. The van der Waals surface area contributed by atoms with Gasteiger partial charge in [-0.15, -0.1) is 0 Å². The first-order chi connectivity index (χ1) is 17.5. The minimum Gasteiger partial charge on any atom is -0.395 e. The Hall–Kier alpha value is -2.00. The van der Waals surface area contributed by atoms with Crippen LogP contribution in [0.25, 0.3) is 0 Å². The molecule has 1 fully saturated rings. The summed E-state index contributed by atoms with van der Waals surface area (Å²) in [5, 5.41) is 15.6. The number of hydrogen-bond donors (Lipinski definition) is 3. The summed E-state index contributed by atoms with van der Waals surface area (Å²) < 4.78 is 11.3. The standard InChI is InChI=1S/C29H44N4O3/c1-4-35-22-24-5-7-25-28(20-24)31-27-8-6-23(19-26(27)29(25,2)3)21-33-13-11-32(12-14-33)15-18-36-17-10-30-9-16-34/h5-8,19-20,30-31,34H,4,9-18,21-22H2,1-3H3. The highest BCUT2D eigenvalue weighted by atomic mass is 16.5. The third-order valence-electron chi connectivity index (χ3n) is 7.39. The van der Waals surface area contributed by atoms with Gasteiger partial charge in [0, 0.05) is 75.8 Å². The molecule has 0 aliphatic carbocycles. The lowest BCUT2D eigenvalue weighted by Crippen LogP contribution is -2.46. The lowest BCUT2D eigenvalue weighted by molar-refractivity contribution is 0.0742. The van der Waals surface area contributed by atoms with E-state index >= 15 is 0 Å². The first kappa shape index (κ1) is 27.0. The van der Waals surface area contributed by atoms with Gasteiger partial charge in [-0.3, -0.25) is 9.80 Å². The molecule has 0 aromatic heterocycles. The molecule has 0 amide bonds. The number of nitrogens with zero attached hydrogens (tertiary/aromatic N) is 2. The highest BCUT2D eigenvalue weighted by Gasteiger charge is 2.33. The molecule has 36 heavy (non-hydrogen) atoms. The van der Waals surface area contributed by atoms with E-state index in [1.54, 1.807) is 0 Å². The van der Waals surface area contributed by atoms with Gasteiger partial charge in [-0.25, -0.2) is 0 Å². The Kier molecular flexibility index (Phi) is 9.76. The SMILES string of the molecule is CCOCc1ccc2c(c1)Nc1ccc(CN3CCN(CCOCCNCCO)CC3)cc1C2(C)C. The van der Waals surface area contributed by atoms with Gasteiger partial charge in [-0.1, -0.05) is 38.1 Å². The van der Waals surface area contributed by atoms with Crippen molar-refractivity contribution in [1.29, 1.82) is 0 Å². The number of aliphatic hydroxyl groups is 1. The maximum Gasteiger partial charge on any atom is 0.0717 e. The van der Waals surface area contributed by atoms with Gasteiger partial charge in [0.05, 0.1) is 26.4 Å². The molecule has 2 heterocycles. The van der Waals surface area contributed by atoms with Crippen molar-refractivity contribution in [2.45, 2.75) is 39.3 Å². The number of nitrogens with one attached hydrogen (secondary N) is 2. The second-order valence-electron chi connectivity index (χ2n) is 10.4. The third kappa shape index (κ3) is 6.85.